The predicted molar refractivity (Wildman–Crippen MR) is 84.5 cm³/mol. The van der Waals surface area contributed by atoms with E-state index in [1.807, 2.05) is 37.3 Å². The topological polar surface area (TPSA) is 26.3 Å². The Kier molecular flexibility index (Phi) is 4.44. The lowest BCUT2D eigenvalue weighted by Gasteiger charge is -2.33. The summed E-state index contributed by atoms with van der Waals surface area (Å²) in [4.78, 5) is 12.4. The molecule has 0 aromatic heterocycles. The molecule has 1 spiro atoms. The van der Waals surface area contributed by atoms with Crippen LogP contribution in [-0.4, -0.2) is 17.5 Å². The summed E-state index contributed by atoms with van der Waals surface area (Å²) >= 11 is 0. The van der Waals surface area contributed by atoms with Gasteiger partial charge in [-0.05, 0) is 32.1 Å². The van der Waals surface area contributed by atoms with Gasteiger partial charge in [0.25, 0.3) is 0 Å². The minimum atomic E-state index is 0.0520. The number of hydrogen-bond donors (Lipinski definition) is 0. The van der Waals surface area contributed by atoms with Crippen LogP contribution in [0.15, 0.2) is 30.3 Å². The molecule has 1 aliphatic heterocycles. The first kappa shape index (κ1) is 14.8. The van der Waals surface area contributed by atoms with Crippen LogP contribution in [0.3, 0.4) is 0 Å². The number of ether oxygens (including phenoxy) is 1. The lowest BCUT2D eigenvalue weighted by molar-refractivity contribution is -0.0682. The van der Waals surface area contributed by atoms with Gasteiger partial charge in [-0.25, -0.2) is 0 Å². The molecular formula is C19H26O2. The maximum Gasteiger partial charge on any atom is 0.165 e. The zero-order valence-corrected chi connectivity index (χ0v) is 13.0. The summed E-state index contributed by atoms with van der Waals surface area (Å²) in [6, 6.07) is 9.65. The fourth-order valence-corrected chi connectivity index (χ4v) is 4.01. The van der Waals surface area contributed by atoms with Gasteiger partial charge in [-0.15, -0.1) is 0 Å². The normalized spacial score (nSPS) is 25.9. The minimum absolute atomic E-state index is 0.0520. The van der Waals surface area contributed by atoms with Gasteiger partial charge < -0.3 is 4.74 Å². The van der Waals surface area contributed by atoms with E-state index < -0.39 is 0 Å². The van der Waals surface area contributed by atoms with E-state index in [0.717, 1.165) is 18.4 Å². The van der Waals surface area contributed by atoms with Crippen molar-refractivity contribution in [3.05, 3.63) is 35.9 Å². The number of benzene rings is 1. The minimum Gasteiger partial charge on any atom is -0.372 e. The van der Waals surface area contributed by atoms with E-state index in [-0.39, 0.29) is 23.4 Å². The molecule has 114 valence electrons. The summed E-state index contributed by atoms with van der Waals surface area (Å²) in [6.45, 7) is 2.05. The van der Waals surface area contributed by atoms with Crippen LogP contribution in [0.4, 0.5) is 0 Å². The lowest BCUT2D eigenvalue weighted by Crippen LogP contribution is -2.32. The molecular weight excluding hydrogens is 260 g/mol. The summed E-state index contributed by atoms with van der Waals surface area (Å²) in [5, 5.41) is 0. The summed E-state index contributed by atoms with van der Waals surface area (Å²) in [6.07, 6.45) is 9.92. The van der Waals surface area contributed by atoms with Crippen molar-refractivity contribution in [2.24, 2.45) is 5.92 Å². The third-order valence-electron chi connectivity index (χ3n) is 5.23. The van der Waals surface area contributed by atoms with Crippen LogP contribution in [-0.2, 0) is 4.74 Å². The molecule has 0 N–H and O–H groups in total. The SMILES string of the molecule is CC(CC1CCC2(CCCCC2)O1)C(=O)c1ccccc1. The molecule has 2 unspecified atom stereocenters. The van der Waals surface area contributed by atoms with Crippen molar-refractivity contribution in [1.82, 2.24) is 0 Å². The maximum atomic E-state index is 12.4. The zero-order chi connectivity index (χ0) is 14.7. The predicted octanol–water partition coefficient (Wildman–Crippen LogP) is 4.78. The molecule has 2 atom stereocenters. The summed E-state index contributed by atoms with van der Waals surface area (Å²) in [7, 11) is 0. The largest absolute Gasteiger partial charge is 0.372 e. The Bertz CT molecular complexity index is 474. The molecule has 1 heterocycles. The second kappa shape index (κ2) is 6.31. The fraction of sp³-hybridized carbons (Fsp3) is 0.632. The highest BCUT2D eigenvalue weighted by atomic mass is 16.5. The van der Waals surface area contributed by atoms with E-state index in [1.54, 1.807) is 0 Å². The van der Waals surface area contributed by atoms with Crippen molar-refractivity contribution in [3.8, 4) is 0 Å². The first-order valence-corrected chi connectivity index (χ1v) is 8.46. The smallest absolute Gasteiger partial charge is 0.165 e. The first-order chi connectivity index (χ1) is 10.2. The lowest BCUT2D eigenvalue weighted by atomic mass is 9.83. The second-order valence-electron chi connectivity index (χ2n) is 6.89. The molecule has 1 aromatic carbocycles. The monoisotopic (exact) mass is 286 g/mol. The van der Waals surface area contributed by atoms with Crippen molar-refractivity contribution in [1.29, 1.82) is 0 Å². The molecule has 2 fully saturated rings. The van der Waals surface area contributed by atoms with E-state index >= 15 is 0 Å². The molecule has 21 heavy (non-hydrogen) atoms. The van der Waals surface area contributed by atoms with Gasteiger partial charge in [0.1, 0.15) is 0 Å². The van der Waals surface area contributed by atoms with Crippen LogP contribution in [0.25, 0.3) is 0 Å². The van der Waals surface area contributed by atoms with Gasteiger partial charge in [-0.1, -0.05) is 56.5 Å². The molecule has 2 aliphatic rings. The summed E-state index contributed by atoms with van der Waals surface area (Å²) < 4.78 is 6.39. The number of Topliss-reactive ketones (excluding diaryl/α,β-unsaturated/α-hetero) is 1. The standard InChI is InChI=1S/C19H26O2/c1-15(18(20)16-8-4-2-5-9-16)14-17-10-13-19(21-17)11-6-3-7-12-19/h2,4-5,8-9,15,17H,3,6-7,10-14H2,1H3. The molecule has 1 saturated carbocycles. The van der Waals surface area contributed by atoms with Crippen molar-refractivity contribution >= 4 is 5.78 Å². The van der Waals surface area contributed by atoms with Gasteiger partial charge in [0.15, 0.2) is 5.78 Å². The van der Waals surface area contributed by atoms with Gasteiger partial charge in [0.05, 0.1) is 11.7 Å². The van der Waals surface area contributed by atoms with Crippen LogP contribution in [0.1, 0.15) is 68.6 Å². The van der Waals surface area contributed by atoms with E-state index in [4.69, 9.17) is 4.74 Å². The third kappa shape index (κ3) is 3.37. The average molecular weight is 286 g/mol. The van der Waals surface area contributed by atoms with Crippen molar-refractivity contribution < 1.29 is 9.53 Å². The number of carbonyl (C=O) groups excluding carboxylic acids is 1. The van der Waals surface area contributed by atoms with Crippen LogP contribution < -0.4 is 0 Å². The van der Waals surface area contributed by atoms with Crippen LogP contribution >= 0.6 is 0 Å². The molecule has 0 amide bonds. The van der Waals surface area contributed by atoms with Crippen molar-refractivity contribution in [3.63, 3.8) is 0 Å². The van der Waals surface area contributed by atoms with Gasteiger partial charge in [-0.3, -0.25) is 4.79 Å². The van der Waals surface area contributed by atoms with Gasteiger partial charge in [0, 0.05) is 11.5 Å². The van der Waals surface area contributed by atoms with Crippen LogP contribution in [0, 0.1) is 5.92 Å². The number of ketones is 1. The van der Waals surface area contributed by atoms with E-state index in [0.29, 0.717) is 0 Å². The maximum absolute atomic E-state index is 12.4. The molecule has 0 radical (unpaired) electrons. The Hall–Kier alpha value is -1.15. The Morgan fingerprint density at radius 3 is 2.62 bits per heavy atom. The third-order valence-corrected chi connectivity index (χ3v) is 5.23. The first-order valence-electron chi connectivity index (χ1n) is 8.46. The van der Waals surface area contributed by atoms with E-state index in [2.05, 4.69) is 0 Å². The zero-order valence-electron chi connectivity index (χ0n) is 13.0. The molecule has 1 aromatic rings. The Balaban J connectivity index is 1.56. The highest BCUT2D eigenvalue weighted by molar-refractivity contribution is 5.97. The van der Waals surface area contributed by atoms with Gasteiger partial charge >= 0.3 is 0 Å². The molecule has 1 aliphatic carbocycles. The Labute approximate surface area is 127 Å². The Morgan fingerprint density at radius 2 is 1.90 bits per heavy atom. The fourth-order valence-electron chi connectivity index (χ4n) is 4.01. The molecule has 2 nitrogen and oxygen atoms in total. The Morgan fingerprint density at radius 1 is 1.19 bits per heavy atom. The molecule has 1 saturated heterocycles. The van der Waals surface area contributed by atoms with Gasteiger partial charge in [0.2, 0.25) is 0 Å². The highest BCUT2D eigenvalue weighted by Gasteiger charge is 2.41. The number of rotatable bonds is 4. The second-order valence-corrected chi connectivity index (χ2v) is 6.89. The number of hydrogen-bond acceptors (Lipinski definition) is 2. The average Bonchev–Trinajstić information content (AvgIpc) is 2.90. The number of carbonyl (C=O) groups is 1. The van der Waals surface area contributed by atoms with Crippen molar-refractivity contribution in [2.45, 2.75) is 70.0 Å². The molecule has 2 heteroatoms. The molecule has 0 bridgehead atoms. The molecule has 3 rings (SSSR count). The van der Waals surface area contributed by atoms with Crippen molar-refractivity contribution in [2.75, 3.05) is 0 Å². The van der Waals surface area contributed by atoms with E-state index in [9.17, 15) is 4.79 Å². The van der Waals surface area contributed by atoms with E-state index in [1.165, 1.54) is 38.5 Å². The van der Waals surface area contributed by atoms with Gasteiger partial charge in [-0.2, -0.15) is 0 Å². The summed E-state index contributed by atoms with van der Waals surface area (Å²) in [5.41, 5.74) is 0.994. The van der Waals surface area contributed by atoms with Crippen LogP contribution in [0.5, 0.6) is 0 Å². The van der Waals surface area contributed by atoms with Crippen LogP contribution in [0.2, 0.25) is 0 Å². The quantitative estimate of drug-likeness (QED) is 0.745. The summed E-state index contributed by atoms with van der Waals surface area (Å²) in [5.74, 6) is 0.305. The highest BCUT2D eigenvalue weighted by Crippen LogP contribution is 2.43.